The molecule has 29 heavy (non-hydrogen) atoms. The van der Waals surface area contributed by atoms with Crippen LogP contribution in [0.3, 0.4) is 0 Å². The van der Waals surface area contributed by atoms with Gasteiger partial charge in [0.05, 0.1) is 12.0 Å². The van der Waals surface area contributed by atoms with Gasteiger partial charge in [0.25, 0.3) is 0 Å². The van der Waals surface area contributed by atoms with E-state index in [1.165, 1.54) is 0 Å². The van der Waals surface area contributed by atoms with E-state index < -0.39 is 0 Å². The van der Waals surface area contributed by atoms with Crippen LogP contribution in [-0.4, -0.2) is 57.0 Å². The summed E-state index contributed by atoms with van der Waals surface area (Å²) in [6, 6.07) is 12.8. The minimum Gasteiger partial charge on any atom is -0.507 e. The number of para-hydroxylation sites is 1. The van der Waals surface area contributed by atoms with Crippen LogP contribution in [0.4, 0.5) is 5.82 Å². The average molecular weight is 389 g/mol. The Kier molecular flexibility index (Phi) is 5.37. The number of carbonyl (C=O) groups excluding carboxylic acids is 1. The third-order valence-corrected chi connectivity index (χ3v) is 5.02. The molecule has 0 atom stereocenters. The maximum Gasteiger partial charge on any atom is 0.227 e. The largest absolute Gasteiger partial charge is 0.507 e. The molecule has 0 saturated carbocycles. The van der Waals surface area contributed by atoms with Crippen LogP contribution in [0.25, 0.3) is 11.4 Å². The predicted octanol–water partition coefficient (Wildman–Crippen LogP) is 2.44. The molecule has 0 bridgehead atoms. The molecular weight excluding hydrogens is 366 g/mol. The molecule has 2 aromatic heterocycles. The second kappa shape index (κ2) is 8.26. The van der Waals surface area contributed by atoms with Crippen molar-refractivity contribution in [1.82, 2.24) is 19.9 Å². The van der Waals surface area contributed by atoms with E-state index in [9.17, 15) is 9.90 Å². The highest BCUT2D eigenvalue weighted by atomic mass is 16.3. The van der Waals surface area contributed by atoms with Gasteiger partial charge < -0.3 is 14.9 Å². The monoisotopic (exact) mass is 389 g/mol. The summed E-state index contributed by atoms with van der Waals surface area (Å²) in [7, 11) is 0. The Labute approximate surface area is 169 Å². The van der Waals surface area contributed by atoms with Gasteiger partial charge in [-0.05, 0) is 30.7 Å². The highest BCUT2D eigenvalue weighted by Crippen LogP contribution is 2.28. The van der Waals surface area contributed by atoms with Crippen LogP contribution >= 0.6 is 0 Å². The molecule has 4 rings (SSSR count). The Morgan fingerprint density at radius 3 is 2.59 bits per heavy atom. The summed E-state index contributed by atoms with van der Waals surface area (Å²) < 4.78 is 0. The second-order valence-corrected chi connectivity index (χ2v) is 7.11. The fourth-order valence-electron chi connectivity index (χ4n) is 3.47. The first-order chi connectivity index (χ1) is 14.1. The molecule has 7 nitrogen and oxygen atoms in total. The van der Waals surface area contributed by atoms with Gasteiger partial charge >= 0.3 is 0 Å². The van der Waals surface area contributed by atoms with Crippen molar-refractivity contribution in [2.24, 2.45) is 0 Å². The molecule has 3 heterocycles. The van der Waals surface area contributed by atoms with E-state index >= 15 is 0 Å². The molecule has 1 N–H and O–H groups in total. The van der Waals surface area contributed by atoms with Crippen molar-refractivity contribution in [3.8, 4) is 17.1 Å². The molecular formula is C22H23N5O2. The number of phenolic OH excluding ortho intramolecular Hbond substituents is 1. The van der Waals surface area contributed by atoms with Crippen molar-refractivity contribution >= 4 is 11.7 Å². The number of phenols is 1. The number of piperazine rings is 1. The SMILES string of the molecule is Cc1cc(N2CCN(C(=O)Cc3cccnc3)CC2)nc(-c2ccccc2O)n1. The summed E-state index contributed by atoms with van der Waals surface area (Å²) in [4.78, 5) is 29.8. The van der Waals surface area contributed by atoms with Gasteiger partial charge in [-0.15, -0.1) is 0 Å². The predicted molar refractivity (Wildman–Crippen MR) is 111 cm³/mol. The van der Waals surface area contributed by atoms with Crippen LogP contribution < -0.4 is 4.90 Å². The Bertz CT molecular complexity index is 1000. The number of carbonyl (C=O) groups is 1. The molecule has 148 valence electrons. The van der Waals surface area contributed by atoms with Crippen molar-refractivity contribution in [3.05, 3.63) is 66.1 Å². The van der Waals surface area contributed by atoms with Crippen LogP contribution in [0.15, 0.2) is 54.9 Å². The molecule has 1 aromatic carbocycles. The smallest absolute Gasteiger partial charge is 0.227 e. The van der Waals surface area contributed by atoms with Gasteiger partial charge in [0, 0.05) is 50.3 Å². The fourth-order valence-corrected chi connectivity index (χ4v) is 3.47. The van der Waals surface area contributed by atoms with Gasteiger partial charge in [-0.1, -0.05) is 18.2 Å². The van der Waals surface area contributed by atoms with E-state index in [1.807, 2.05) is 42.2 Å². The van der Waals surface area contributed by atoms with Gasteiger partial charge in [-0.25, -0.2) is 9.97 Å². The van der Waals surface area contributed by atoms with Crippen molar-refractivity contribution in [1.29, 1.82) is 0 Å². The highest BCUT2D eigenvalue weighted by molar-refractivity contribution is 5.79. The van der Waals surface area contributed by atoms with E-state index in [0.29, 0.717) is 44.0 Å². The number of aromatic nitrogens is 3. The Hall–Kier alpha value is -3.48. The molecule has 1 aliphatic rings. The Morgan fingerprint density at radius 2 is 1.86 bits per heavy atom. The lowest BCUT2D eigenvalue weighted by atomic mass is 10.1. The standard InChI is InChI=1S/C22H23N5O2/c1-16-13-20(25-22(24-16)18-6-2-3-7-19(18)28)26-9-11-27(12-10-26)21(29)14-17-5-4-8-23-15-17/h2-8,13,15,28H,9-12,14H2,1H3. The van der Waals surface area contributed by atoms with Crippen LogP contribution in [0.1, 0.15) is 11.3 Å². The quantitative estimate of drug-likeness (QED) is 0.738. The lowest BCUT2D eigenvalue weighted by molar-refractivity contribution is -0.130. The third kappa shape index (κ3) is 4.34. The summed E-state index contributed by atoms with van der Waals surface area (Å²) in [5, 5.41) is 10.1. The van der Waals surface area contributed by atoms with Crippen molar-refractivity contribution < 1.29 is 9.90 Å². The van der Waals surface area contributed by atoms with Gasteiger partial charge in [0.2, 0.25) is 5.91 Å². The number of nitrogens with zero attached hydrogens (tertiary/aromatic N) is 5. The normalized spacial score (nSPS) is 14.1. The number of benzene rings is 1. The number of aromatic hydroxyl groups is 1. The van der Waals surface area contributed by atoms with Gasteiger partial charge in [0.15, 0.2) is 5.82 Å². The summed E-state index contributed by atoms with van der Waals surface area (Å²) in [5.41, 5.74) is 2.38. The molecule has 1 fully saturated rings. The maximum absolute atomic E-state index is 12.6. The number of anilines is 1. The number of hydrogen-bond donors (Lipinski definition) is 1. The summed E-state index contributed by atoms with van der Waals surface area (Å²) in [5.74, 6) is 1.60. The first kappa shape index (κ1) is 18.9. The summed E-state index contributed by atoms with van der Waals surface area (Å²) in [6.07, 6.45) is 3.82. The minimum atomic E-state index is 0.117. The molecule has 1 amide bonds. The zero-order chi connectivity index (χ0) is 20.2. The van der Waals surface area contributed by atoms with E-state index in [2.05, 4.69) is 19.9 Å². The molecule has 1 saturated heterocycles. The topological polar surface area (TPSA) is 82.5 Å². The van der Waals surface area contributed by atoms with Crippen LogP contribution in [0.5, 0.6) is 5.75 Å². The van der Waals surface area contributed by atoms with E-state index in [-0.39, 0.29) is 11.7 Å². The number of hydrogen-bond acceptors (Lipinski definition) is 6. The molecule has 0 aliphatic carbocycles. The van der Waals surface area contributed by atoms with E-state index in [0.717, 1.165) is 17.1 Å². The van der Waals surface area contributed by atoms with Gasteiger partial charge in [0.1, 0.15) is 11.6 Å². The molecule has 0 unspecified atom stereocenters. The zero-order valence-electron chi connectivity index (χ0n) is 16.3. The number of aryl methyl sites for hydroxylation is 1. The van der Waals surface area contributed by atoms with Gasteiger partial charge in [-0.2, -0.15) is 0 Å². The number of amides is 1. The highest BCUT2D eigenvalue weighted by Gasteiger charge is 2.23. The van der Waals surface area contributed by atoms with Crippen LogP contribution in [-0.2, 0) is 11.2 Å². The van der Waals surface area contributed by atoms with Crippen LogP contribution in [0.2, 0.25) is 0 Å². The van der Waals surface area contributed by atoms with Crippen LogP contribution in [0, 0.1) is 6.92 Å². The fraction of sp³-hybridized carbons (Fsp3) is 0.273. The Balaban J connectivity index is 1.45. The van der Waals surface area contributed by atoms with Crippen molar-refractivity contribution in [2.75, 3.05) is 31.1 Å². The maximum atomic E-state index is 12.6. The second-order valence-electron chi connectivity index (χ2n) is 7.11. The van der Waals surface area contributed by atoms with E-state index in [1.54, 1.807) is 24.5 Å². The molecule has 3 aromatic rings. The van der Waals surface area contributed by atoms with Crippen molar-refractivity contribution in [3.63, 3.8) is 0 Å². The average Bonchev–Trinajstić information content (AvgIpc) is 2.74. The molecule has 1 aliphatic heterocycles. The third-order valence-electron chi connectivity index (χ3n) is 5.02. The minimum absolute atomic E-state index is 0.117. The molecule has 7 heteroatoms. The number of pyridine rings is 1. The van der Waals surface area contributed by atoms with E-state index in [4.69, 9.17) is 0 Å². The lowest BCUT2D eigenvalue weighted by Crippen LogP contribution is -2.49. The Morgan fingerprint density at radius 1 is 1.07 bits per heavy atom. The molecule has 0 radical (unpaired) electrons. The molecule has 0 spiro atoms. The first-order valence-corrected chi connectivity index (χ1v) is 9.66. The number of rotatable bonds is 4. The van der Waals surface area contributed by atoms with Gasteiger partial charge in [-0.3, -0.25) is 9.78 Å². The summed E-state index contributed by atoms with van der Waals surface area (Å²) in [6.45, 7) is 4.62. The first-order valence-electron chi connectivity index (χ1n) is 9.66. The zero-order valence-corrected chi connectivity index (χ0v) is 16.3. The van der Waals surface area contributed by atoms with Crippen molar-refractivity contribution in [2.45, 2.75) is 13.3 Å². The summed E-state index contributed by atoms with van der Waals surface area (Å²) >= 11 is 0. The lowest BCUT2D eigenvalue weighted by Gasteiger charge is -2.35.